The van der Waals surface area contributed by atoms with Gasteiger partial charge in [-0.05, 0) is 37.3 Å². The van der Waals surface area contributed by atoms with E-state index in [4.69, 9.17) is 10.8 Å². The molecule has 3 N–H and O–H groups in total. The van der Waals surface area contributed by atoms with E-state index in [2.05, 4.69) is 0 Å². The molecule has 0 aliphatic rings. The molecule has 0 radical (unpaired) electrons. The van der Waals surface area contributed by atoms with Crippen LogP contribution in [0.5, 0.6) is 5.75 Å². The van der Waals surface area contributed by atoms with Crippen LogP contribution in [-0.4, -0.2) is 22.3 Å². The number of benzene rings is 1. The minimum atomic E-state index is -0.832. The van der Waals surface area contributed by atoms with E-state index in [1.54, 1.807) is 0 Å². The molecule has 120 valence electrons. The summed E-state index contributed by atoms with van der Waals surface area (Å²) in [5, 5.41) is 25.3. The molecule has 22 heavy (non-hydrogen) atoms. The number of carbonyl (C=O) groups excluding carboxylic acids is 1. The van der Waals surface area contributed by atoms with E-state index in [1.807, 2.05) is 20.8 Å². The summed E-state index contributed by atoms with van der Waals surface area (Å²) in [5.41, 5.74) is 0.120. The van der Waals surface area contributed by atoms with Crippen LogP contribution in [0.15, 0.2) is 18.2 Å². The minimum Gasteiger partial charge on any atom is -0.508 e. The second-order valence-electron chi connectivity index (χ2n) is 5.55. The van der Waals surface area contributed by atoms with Gasteiger partial charge < -0.3 is 15.9 Å². The highest BCUT2D eigenvalue weighted by molar-refractivity contribution is 6.45. The Hall–Kier alpha value is -2.04. The Morgan fingerprint density at radius 2 is 1.91 bits per heavy atom. The first kappa shape index (κ1) is 18.0. The topological polar surface area (TPSA) is 85.0 Å². The van der Waals surface area contributed by atoms with E-state index < -0.39 is 11.6 Å². The average Bonchev–Trinajstić information content (AvgIpc) is 2.50. The van der Waals surface area contributed by atoms with E-state index in [-0.39, 0.29) is 28.9 Å². The summed E-state index contributed by atoms with van der Waals surface area (Å²) in [6.45, 7) is 5.78. The predicted octanol–water partition coefficient (Wildman–Crippen LogP) is 4.22. The standard InChI is InChI=1S/C17H23FN2O2/c1-4-10(3)15(19)8-11(5-2)16(20)17(22)13-7-6-12(21)9-14(13)18/h6-7,9-11,19-21H,4-5,8H2,1-3H3/t10-,11+/m1/s1. The number of hydrogen-bond donors (Lipinski definition) is 3. The van der Waals surface area contributed by atoms with Crippen molar-refractivity contribution in [2.75, 3.05) is 0 Å². The van der Waals surface area contributed by atoms with Crippen LogP contribution in [0.2, 0.25) is 0 Å². The predicted molar refractivity (Wildman–Crippen MR) is 85.7 cm³/mol. The Morgan fingerprint density at radius 1 is 1.27 bits per heavy atom. The Morgan fingerprint density at radius 3 is 2.41 bits per heavy atom. The van der Waals surface area contributed by atoms with Gasteiger partial charge in [0.25, 0.3) is 0 Å². The summed E-state index contributed by atoms with van der Waals surface area (Å²) in [6, 6.07) is 3.28. The van der Waals surface area contributed by atoms with Gasteiger partial charge in [0.2, 0.25) is 5.78 Å². The molecule has 0 fully saturated rings. The van der Waals surface area contributed by atoms with Gasteiger partial charge in [-0.25, -0.2) is 4.39 Å². The number of halogens is 1. The number of phenolic OH excluding ortho intramolecular Hbond substituents is 1. The van der Waals surface area contributed by atoms with Gasteiger partial charge in [0.1, 0.15) is 11.6 Å². The van der Waals surface area contributed by atoms with E-state index in [0.29, 0.717) is 18.6 Å². The van der Waals surface area contributed by atoms with Gasteiger partial charge in [0.15, 0.2) is 0 Å². The van der Waals surface area contributed by atoms with Crippen molar-refractivity contribution in [1.29, 1.82) is 10.8 Å². The maximum absolute atomic E-state index is 13.8. The summed E-state index contributed by atoms with van der Waals surface area (Å²) in [5.74, 6) is -2.04. The van der Waals surface area contributed by atoms with E-state index in [9.17, 15) is 14.3 Å². The normalized spacial score (nSPS) is 13.5. The molecule has 0 bridgehead atoms. The van der Waals surface area contributed by atoms with E-state index in [1.165, 1.54) is 12.1 Å². The van der Waals surface area contributed by atoms with Crippen molar-refractivity contribution in [3.8, 4) is 5.75 Å². The lowest BCUT2D eigenvalue weighted by atomic mass is 9.86. The molecule has 0 unspecified atom stereocenters. The average molecular weight is 306 g/mol. The van der Waals surface area contributed by atoms with Crippen LogP contribution in [0.1, 0.15) is 50.4 Å². The summed E-state index contributed by atoms with van der Waals surface area (Å²) in [7, 11) is 0. The van der Waals surface area contributed by atoms with E-state index >= 15 is 0 Å². The smallest absolute Gasteiger partial charge is 0.209 e. The number of Topliss-reactive ketones (excluding diaryl/α,β-unsaturated/α-hetero) is 1. The zero-order valence-electron chi connectivity index (χ0n) is 13.2. The molecule has 4 nitrogen and oxygen atoms in total. The first-order valence-corrected chi connectivity index (χ1v) is 7.50. The second-order valence-corrected chi connectivity index (χ2v) is 5.55. The summed E-state index contributed by atoms with van der Waals surface area (Å²) in [4.78, 5) is 12.3. The highest BCUT2D eigenvalue weighted by Gasteiger charge is 2.25. The number of nitrogens with one attached hydrogen (secondary N) is 2. The Balaban J connectivity index is 2.91. The summed E-state index contributed by atoms with van der Waals surface area (Å²) in [6.07, 6.45) is 1.72. The monoisotopic (exact) mass is 306 g/mol. The molecule has 2 atom stereocenters. The first-order chi connectivity index (χ1) is 10.3. The molecule has 0 aliphatic heterocycles. The molecular formula is C17H23FN2O2. The lowest BCUT2D eigenvalue weighted by Gasteiger charge is -2.19. The second kappa shape index (κ2) is 7.82. The van der Waals surface area contributed by atoms with Crippen molar-refractivity contribution in [2.45, 2.75) is 40.0 Å². The zero-order chi connectivity index (χ0) is 16.9. The van der Waals surface area contributed by atoms with Gasteiger partial charge in [0, 0.05) is 17.7 Å². The third-order valence-corrected chi connectivity index (χ3v) is 4.02. The van der Waals surface area contributed by atoms with Crippen LogP contribution in [0.3, 0.4) is 0 Å². The fraction of sp³-hybridized carbons (Fsp3) is 0.471. The first-order valence-electron chi connectivity index (χ1n) is 7.50. The van der Waals surface area contributed by atoms with Gasteiger partial charge in [-0.2, -0.15) is 0 Å². The van der Waals surface area contributed by atoms with Crippen molar-refractivity contribution in [2.24, 2.45) is 11.8 Å². The van der Waals surface area contributed by atoms with Crippen molar-refractivity contribution in [1.82, 2.24) is 0 Å². The molecule has 5 heteroatoms. The molecule has 1 rings (SSSR count). The van der Waals surface area contributed by atoms with Crippen LogP contribution in [0, 0.1) is 28.5 Å². The fourth-order valence-electron chi connectivity index (χ4n) is 2.18. The Bertz CT molecular complexity index is 584. The quantitative estimate of drug-likeness (QED) is 0.496. The van der Waals surface area contributed by atoms with Crippen LogP contribution < -0.4 is 0 Å². The molecule has 0 spiro atoms. The van der Waals surface area contributed by atoms with E-state index in [0.717, 1.165) is 12.5 Å². The lowest BCUT2D eigenvalue weighted by Crippen LogP contribution is -2.27. The number of phenols is 1. The molecule has 0 amide bonds. The molecule has 0 aliphatic carbocycles. The van der Waals surface area contributed by atoms with Crippen LogP contribution in [-0.2, 0) is 0 Å². The number of hydrogen-bond acceptors (Lipinski definition) is 4. The molecule has 1 aromatic carbocycles. The number of aromatic hydroxyl groups is 1. The molecule has 0 heterocycles. The Kier molecular flexibility index (Phi) is 6.40. The van der Waals surface area contributed by atoms with Gasteiger partial charge in [-0.15, -0.1) is 0 Å². The largest absolute Gasteiger partial charge is 0.508 e. The Labute approximate surface area is 130 Å². The molecule has 0 saturated heterocycles. The fourth-order valence-corrected chi connectivity index (χ4v) is 2.18. The van der Waals surface area contributed by atoms with Gasteiger partial charge >= 0.3 is 0 Å². The van der Waals surface area contributed by atoms with Crippen molar-refractivity contribution in [3.05, 3.63) is 29.6 Å². The highest BCUT2D eigenvalue weighted by Crippen LogP contribution is 2.21. The maximum atomic E-state index is 13.8. The number of rotatable bonds is 8. The zero-order valence-corrected chi connectivity index (χ0v) is 13.2. The molecular weight excluding hydrogens is 283 g/mol. The van der Waals surface area contributed by atoms with Crippen LogP contribution in [0.4, 0.5) is 4.39 Å². The van der Waals surface area contributed by atoms with Crippen LogP contribution in [0.25, 0.3) is 0 Å². The van der Waals surface area contributed by atoms with Crippen molar-refractivity contribution in [3.63, 3.8) is 0 Å². The minimum absolute atomic E-state index is 0.113. The van der Waals surface area contributed by atoms with Gasteiger partial charge in [0.05, 0.1) is 11.3 Å². The molecule has 0 aromatic heterocycles. The van der Waals surface area contributed by atoms with Crippen molar-refractivity contribution >= 4 is 17.2 Å². The van der Waals surface area contributed by atoms with Gasteiger partial charge in [-0.1, -0.05) is 20.8 Å². The molecule has 1 aromatic rings. The number of carbonyl (C=O) groups is 1. The summed E-state index contributed by atoms with van der Waals surface area (Å²) >= 11 is 0. The third-order valence-electron chi connectivity index (χ3n) is 4.02. The van der Waals surface area contributed by atoms with Crippen LogP contribution >= 0.6 is 0 Å². The lowest BCUT2D eigenvalue weighted by molar-refractivity contribution is 0.105. The SMILES string of the molecule is CC[C@@H](CC(=N)[C@H](C)CC)C(=N)C(=O)c1ccc(O)cc1F. The molecule has 0 saturated carbocycles. The number of ketones is 1. The highest BCUT2D eigenvalue weighted by atomic mass is 19.1. The van der Waals surface area contributed by atoms with Gasteiger partial charge in [-0.3, -0.25) is 4.79 Å². The third kappa shape index (κ3) is 4.23. The maximum Gasteiger partial charge on any atom is 0.209 e. The van der Waals surface area contributed by atoms with Crippen molar-refractivity contribution < 1.29 is 14.3 Å². The summed E-state index contributed by atoms with van der Waals surface area (Å²) < 4.78 is 13.8.